The number of nitrogens with one attached hydrogen (secondary N) is 1. The summed E-state index contributed by atoms with van der Waals surface area (Å²) in [6.07, 6.45) is 2.03. The lowest BCUT2D eigenvalue weighted by Crippen LogP contribution is -2.21. The molecule has 0 atom stereocenters. The van der Waals surface area contributed by atoms with Gasteiger partial charge < -0.3 is 5.32 Å². The molecule has 0 aromatic heterocycles. The van der Waals surface area contributed by atoms with Crippen molar-refractivity contribution < 1.29 is 4.79 Å². The van der Waals surface area contributed by atoms with Crippen LogP contribution in [0.25, 0.3) is 0 Å². The Bertz CT molecular complexity index is 256. The zero-order valence-corrected chi connectivity index (χ0v) is 9.92. The van der Waals surface area contributed by atoms with Crippen molar-refractivity contribution in [2.45, 2.75) is 33.6 Å². The van der Waals surface area contributed by atoms with E-state index >= 15 is 0 Å². The fourth-order valence-corrected chi connectivity index (χ4v) is 1.20. The molecule has 0 saturated heterocycles. The molecule has 1 amide bonds. The summed E-state index contributed by atoms with van der Waals surface area (Å²) in [4.78, 5) is 10.5. The Kier molecular flexibility index (Phi) is 8.44. The van der Waals surface area contributed by atoms with E-state index in [9.17, 15) is 4.79 Å². The van der Waals surface area contributed by atoms with Gasteiger partial charge in [-0.1, -0.05) is 44.2 Å². The molecule has 1 N–H and O–H groups in total. The van der Waals surface area contributed by atoms with Crippen molar-refractivity contribution >= 4 is 5.91 Å². The molecule has 0 bridgehead atoms. The highest BCUT2D eigenvalue weighted by atomic mass is 16.1. The van der Waals surface area contributed by atoms with Crippen LogP contribution in [0.4, 0.5) is 0 Å². The predicted molar refractivity (Wildman–Crippen MR) is 64.8 cm³/mol. The van der Waals surface area contributed by atoms with Crippen molar-refractivity contribution in [3.05, 3.63) is 35.9 Å². The van der Waals surface area contributed by atoms with E-state index in [4.69, 9.17) is 0 Å². The maximum absolute atomic E-state index is 10.5. The summed E-state index contributed by atoms with van der Waals surface area (Å²) in [5.74, 6) is 0.0491. The van der Waals surface area contributed by atoms with Crippen molar-refractivity contribution in [2.24, 2.45) is 0 Å². The van der Waals surface area contributed by atoms with Crippen LogP contribution in [0.3, 0.4) is 0 Å². The maximum Gasteiger partial charge on any atom is 0.216 e. The Balaban J connectivity index is 0.000000921. The lowest BCUT2D eigenvalue weighted by molar-refractivity contribution is -0.118. The van der Waals surface area contributed by atoms with Crippen LogP contribution in [0.1, 0.15) is 32.8 Å². The third-order valence-corrected chi connectivity index (χ3v) is 1.86. The lowest BCUT2D eigenvalue weighted by atomic mass is 10.1. The highest BCUT2D eigenvalue weighted by Gasteiger charge is 1.92. The number of hydrogen-bond donors (Lipinski definition) is 1. The molecule has 0 aliphatic rings. The third-order valence-electron chi connectivity index (χ3n) is 1.86. The molecule has 0 radical (unpaired) electrons. The molecule has 15 heavy (non-hydrogen) atoms. The van der Waals surface area contributed by atoms with Crippen LogP contribution >= 0.6 is 0 Å². The van der Waals surface area contributed by atoms with E-state index in [-0.39, 0.29) is 5.91 Å². The molecule has 0 unspecified atom stereocenters. The van der Waals surface area contributed by atoms with Crippen LogP contribution in [0.2, 0.25) is 0 Å². The monoisotopic (exact) mass is 207 g/mol. The van der Waals surface area contributed by atoms with Gasteiger partial charge in [-0.05, 0) is 18.4 Å². The third kappa shape index (κ3) is 7.74. The fourth-order valence-electron chi connectivity index (χ4n) is 1.20. The Hall–Kier alpha value is -1.31. The molecular weight excluding hydrogens is 186 g/mol. The minimum atomic E-state index is 0.0491. The molecule has 2 nitrogen and oxygen atoms in total. The molecule has 0 aliphatic heterocycles. The first-order valence-electron chi connectivity index (χ1n) is 5.57. The van der Waals surface area contributed by atoms with Crippen molar-refractivity contribution in [1.29, 1.82) is 0 Å². The molecule has 0 heterocycles. The van der Waals surface area contributed by atoms with Crippen LogP contribution in [-0.4, -0.2) is 12.5 Å². The van der Waals surface area contributed by atoms with Gasteiger partial charge in [-0.15, -0.1) is 0 Å². The zero-order chi connectivity index (χ0) is 11.5. The lowest BCUT2D eigenvalue weighted by Gasteiger charge is -2.01. The smallest absolute Gasteiger partial charge is 0.216 e. The first-order chi connectivity index (χ1) is 7.29. The zero-order valence-electron chi connectivity index (χ0n) is 9.92. The van der Waals surface area contributed by atoms with Crippen molar-refractivity contribution in [3.63, 3.8) is 0 Å². The molecular formula is C13H21NO. The standard InChI is InChI=1S/C11H15NO.C2H6/c1-10(13)12-9-5-8-11-6-3-2-4-7-11;1-2/h2-4,6-7H,5,8-9H2,1H3,(H,12,13);1-2H3. The number of carbonyl (C=O) groups excluding carboxylic acids is 1. The summed E-state index contributed by atoms with van der Waals surface area (Å²) in [5, 5.41) is 2.78. The van der Waals surface area contributed by atoms with Gasteiger partial charge >= 0.3 is 0 Å². The predicted octanol–water partition coefficient (Wildman–Crippen LogP) is 2.78. The van der Waals surface area contributed by atoms with Gasteiger partial charge in [0, 0.05) is 13.5 Å². The molecule has 0 spiro atoms. The van der Waals surface area contributed by atoms with Crippen molar-refractivity contribution in [1.82, 2.24) is 5.32 Å². The summed E-state index contributed by atoms with van der Waals surface area (Å²) in [7, 11) is 0. The minimum absolute atomic E-state index is 0.0491. The van der Waals surface area contributed by atoms with Crippen molar-refractivity contribution in [3.8, 4) is 0 Å². The van der Waals surface area contributed by atoms with E-state index in [1.54, 1.807) is 6.92 Å². The quantitative estimate of drug-likeness (QED) is 0.756. The van der Waals surface area contributed by atoms with E-state index in [0.29, 0.717) is 0 Å². The Morgan fingerprint density at radius 3 is 2.33 bits per heavy atom. The average molecular weight is 207 g/mol. The van der Waals surface area contributed by atoms with Crippen LogP contribution in [0, 0.1) is 0 Å². The van der Waals surface area contributed by atoms with Crippen LogP contribution < -0.4 is 5.32 Å². The van der Waals surface area contributed by atoms with E-state index in [0.717, 1.165) is 19.4 Å². The molecule has 0 aliphatic carbocycles. The Morgan fingerprint density at radius 2 is 1.80 bits per heavy atom. The first kappa shape index (κ1) is 13.7. The van der Waals surface area contributed by atoms with E-state index < -0.39 is 0 Å². The van der Waals surface area contributed by atoms with E-state index in [1.807, 2.05) is 32.0 Å². The number of rotatable bonds is 4. The molecule has 0 fully saturated rings. The van der Waals surface area contributed by atoms with Gasteiger partial charge in [-0.25, -0.2) is 0 Å². The second-order valence-corrected chi connectivity index (χ2v) is 3.07. The summed E-state index contributed by atoms with van der Waals surface area (Å²) >= 11 is 0. The average Bonchev–Trinajstić information content (AvgIpc) is 2.28. The number of amides is 1. The largest absolute Gasteiger partial charge is 0.356 e. The molecule has 1 aromatic carbocycles. The van der Waals surface area contributed by atoms with Gasteiger partial charge in [-0.2, -0.15) is 0 Å². The molecule has 0 saturated carbocycles. The summed E-state index contributed by atoms with van der Waals surface area (Å²) < 4.78 is 0. The highest BCUT2D eigenvalue weighted by molar-refractivity contribution is 5.72. The minimum Gasteiger partial charge on any atom is -0.356 e. The van der Waals surface area contributed by atoms with E-state index in [2.05, 4.69) is 17.4 Å². The van der Waals surface area contributed by atoms with Crippen molar-refractivity contribution in [2.75, 3.05) is 6.54 Å². The van der Waals surface area contributed by atoms with Gasteiger partial charge in [0.15, 0.2) is 0 Å². The van der Waals surface area contributed by atoms with Gasteiger partial charge in [-0.3, -0.25) is 4.79 Å². The van der Waals surface area contributed by atoms with Gasteiger partial charge in [0.1, 0.15) is 0 Å². The molecule has 84 valence electrons. The number of carbonyl (C=O) groups is 1. The molecule has 2 heteroatoms. The Labute approximate surface area is 92.7 Å². The highest BCUT2D eigenvalue weighted by Crippen LogP contribution is 2.01. The van der Waals surface area contributed by atoms with Gasteiger partial charge in [0.05, 0.1) is 0 Å². The summed E-state index contributed by atoms with van der Waals surface area (Å²) in [6.45, 7) is 6.31. The van der Waals surface area contributed by atoms with Gasteiger partial charge in [0.25, 0.3) is 0 Å². The first-order valence-corrected chi connectivity index (χ1v) is 5.57. The van der Waals surface area contributed by atoms with Crippen LogP contribution in [0.15, 0.2) is 30.3 Å². The topological polar surface area (TPSA) is 29.1 Å². The maximum atomic E-state index is 10.5. The second kappa shape index (κ2) is 9.25. The van der Waals surface area contributed by atoms with E-state index in [1.165, 1.54) is 5.56 Å². The van der Waals surface area contributed by atoms with Gasteiger partial charge in [0.2, 0.25) is 5.91 Å². The molecule has 1 aromatic rings. The normalized spacial score (nSPS) is 8.73. The SMILES string of the molecule is CC.CC(=O)NCCCc1ccccc1. The summed E-state index contributed by atoms with van der Waals surface area (Å²) in [5.41, 5.74) is 1.33. The molecule has 1 rings (SSSR count). The summed E-state index contributed by atoms with van der Waals surface area (Å²) in [6, 6.07) is 10.3. The second-order valence-electron chi connectivity index (χ2n) is 3.07. The number of aryl methyl sites for hydroxylation is 1. The number of hydrogen-bond acceptors (Lipinski definition) is 1. The number of benzene rings is 1. The Morgan fingerprint density at radius 1 is 1.20 bits per heavy atom. The fraction of sp³-hybridized carbons (Fsp3) is 0.462. The van der Waals surface area contributed by atoms with Crippen LogP contribution in [-0.2, 0) is 11.2 Å². The van der Waals surface area contributed by atoms with Crippen LogP contribution in [0.5, 0.6) is 0 Å².